The van der Waals surface area contributed by atoms with Crippen LogP contribution < -0.4 is 19.5 Å². The molecular weight excluding hydrogens is 330 g/mol. The van der Waals surface area contributed by atoms with Crippen LogP contribution in [-0.2, 0) is 6.42 Å². The first-order valence-electron chi connectivity index (χ1n) is 8.61. The van der Waals surface area contributed by atoms with Gasteiger partial charge in [-0.25, -0.2) is 0 Å². The molecule has 1 N–H and O–H groups in total. The van der Waals surface area contributed by atoms with Gasteiger partial charge in [-0.05, 0) is 50.1 Å². The Morgan fingerprint density at radius 2 is 1.69 bits per heavy atom. The summed E-state index contributed by atoms with van der Waals surface area (Å²) < 4.78 is 15.8. The van der Waals surface area contributed by atoms with Crippen LogP contribution in [-0.4, -0.2) is 39.7 Å². The summed E-state index contributed by atoms with van der Waals surface area (Å²) >= 11 is 0. The molecule has 1 atom stereocenters. The number of carbonyl (C=O) groups is 1. The van der Waals surface area contributed by atoms with Crippen molar-refractivity contribution in [2.75, 3.05) is 27.9 Å². The minimum Gasteiger partial charge on any atom is -0.497 e. The van der Waals surface area contributed by atoms with E-state index in [4.69, 9.17) is 14.2 Å². The molecule has 26 heavy (non-hydrogen) atoms. The molecule has 0 heterocycles. The summed E-state index contributed by atoms with van der Waals surface area (Å²) in [5, 5.41) is 3.30. The van der Waals surface area contributed by atoms with Crippen LogP contribution >= 0.6 is 0 Å². The number of benzene rings is 2. The van der Waals surface area contributed by atoms with Crippen LogP contribution in [0.15, 0.2) is 36.4 Å². The monoisotopic (exact) mass is 357 g/mol. The number of hydrogen-bond donors (Lipinski definition) is 1. The molecule has 1 unspecified atom stereocenters. The van der Waals surface area contributed by atoms with E-state index in [0.717, 1.165) is 17.7 Å². The lowest BCUT2D eigenvalue weighted by atomic mass is 10.0. The lowest BCUT2D eigenvalue weighted by Gasteiger charge is -2.16. The van der Waals surface area contributed by atoms with Crippen LogP contribution in [0.3, 0.4) is 0 Å². The number of Topliss-reactive ketones (excluding diaryl/α,β-unsaturated/α-hetero) is 1. The molecule has 0 amide bonds. The smallest absolute Gasteiger partial charge is 0.177 e. The largest absolute Gasteiger partial charge is 0.497 e. The van der Waals surface area contributed by atoms with Gasteiger partial charge in [0.25, 0.3) is 0 Å². The van der Waals surface area contributed by atoms with E-state index in [1.165, 1.54) is 5.56 Å². The average molecular weight is 357 g/mol. The number of hydrogen-bond acceptors (Lipinski definition) is 5. The van der Waals surface area contributed by atoms with Gasteiger partial charge in [0.05, 0.1) is 27.9 Å². The van der Waals surface area contributed by atoms with Crippen molar-refractivity contribution in [2.24, 2.45) is 0 Å². The van der Waals surface area contributed by atoms with Crippen LogP contribution in [0.5, 0.6) is 17.2 Å². The predicted octanol–water partition coefficient (Wildman–Crippen LogP) is 3.42. The van der Waals surface area contributed by atoms with Crippen molar-refractivity contribution in [3.63, 3.8) is 0 Å². The van der Waals surface area contributed by atoms with Crippen molar-refractivity contribution in [3.05, 3.63) is 53.1 Å². The molecule has 0 aliphatic carbocycles. The van der Waals surface area contributed by atoms with Crippen LogP contribution in [0.4, 0.5) is 0 Å². The zero-order valence-electron chi connectivity index (χ0n) is 16.1. The second-order valence-electron chi connectivity index (χ2n) is 6.23. The Balaban J connectivity index is 1.97. The third-order valence-electron chi connectivity index (χ3n) is 4.41. The highest BCUT2D eigenvalue weighted by Gasteiger charge is 2.17. The SMILES string of the molecule is COc1ccc(CC(C)NCC(=O)c2ccc(OC)c(OC)c2C)cc1. The van der Waals surface area contributed by atoms with E-state index in [1.54, 1.807) is 33.5 Å². The zero-order chi connectivity index (χ0) is 19.1. The highest BCUT2D eigenvalue weighted by atomic mass is 16.5. The summed E-state index contributed by atoms with van der Waals surface area (Å²) in [5.74, 6) is 2.10. The molecule has 140 valence electrons. The summed E-state index contributed by atoms with van der Waals surface area (Å²) in [6.07, 6.45) is 0.836. The van der Waals surface area contributed by atoms with E-state index in [9.17, 15) is 4.79 Å². The van der Waals surface area contributed by atoms with E-state index in [2.05, 4.69) is 12.2 Å². The molecule has 0 aromatic heterocycles. The normalized spacial score (nSPS) is 11.7. The van der Waals surface area contributed by atoms with Crippen molar-refractivity contribution >= 4 is 5.78 Å². The van der Waals surface area contributed by atoms with Gasteiger partial charge < -0.3 is 19.5 Å². The van der Waals surface area contributed by atoms with E-state index in [1.807, 2.05) is 31.2 Å². The van der Waals surface area contributed by atoms with Crippen LogP contribution in [0.1, 0.15) is 28.4 Å². The molecule has 5 heteroatoms. The predicted molar refractivity (Wildman–Crippen MR) is 103 cm³/mol. The maximum absolute atomic E-state index is 12.6. The summed E-state index contributed by atoms with van der Waals surface area (Å²) in [6, 6.07) is 11.7. The molecule has 2 rings (SSSR count). The third-order valence-corrected chi connectivity index (χ3v) is 4.41. The summed E-state index contributed by atoms with van der Waals surface area (Å²) in [7, 11) is 4.82. The van der Waals surface area contributed by atoms with Gasteiger partial charge in [0.2, 0.25) is 0 Å². The number of nitrogens with one attached hydrogen (secondary N) is 1. The van der Waals surface area contributed by atoms with Gasteiger partial charge in [-0.15, -0.1) is 0 Å². The fourth-order valence-corrected chi connectivity index (χ4v) is 2.93. The zero-order valence-corrected chi connectivity index (χ0v) is 16.1. The topological polar surface area (TPSA) is 56.8 Å². The highest BCUT2D eigenvalue weighted by Crippen LogP contribution is 2.32. The Morgan fingerprint density at radius 3 is 2.27 bits per heavy atom. The first kappa shape index (κ1) is 19.8. The first-order valence-corrected chi connectivity index (χ1v) is 8.61. The van der Waals surface area contributed by atoms with Gasteiger partial charge >= 0.3 is 0 Å². The van der Waals surface area contributed by atoms with E-state index in [-0.39, 0.29) is 18.4 Å². The highest BCUT2D eigenvalue weighted by molar-refractivity contribution is 5.99. The van der Waals surface area contributed by atoms with E-state index in [0.29, 0.717) is 17.1 Å². The van der Waals surface area contributed by atoms with Crippen molar-refractivity contribution < 1.29 is 19.0 Å². The standard InChI is InChI=1S/C21H27NO4/c1-14(12-16-6-8-17(24-3)9-7-16)22-13-19(23)18-10-11-20(25-4)21(26-5)15(18)2/h6-11,14,22H,12-13H2,1-5H3. The van der Waals surface area contributed by atoms with Crippen molar-refractivity contribution in [1.82, 2.24) is 5.32 Å². The quantitative estimate of drug-likeness (QED) is 0.697. The summed E-state index contributed by atoms with van der Waals surface area (Å²) in [5.41, 5.74) is 2.63. The molecule has 0 spiro atoms. The van der Waals surface area contributed by atoms with Gasteiger partial charge in [0.15, 0.2) is 17.3 Å². The molecule has 0 bridgehead atoms. The summed E-state index contributed by atoms with van der Waals surface area (Å²) in [4.78, 5) is 12.6. The van der Waals surface area contributed by atoms with Crippen LogP contribution in [0, 0.1) is 6.92 Å². The summed E-state index contributed by atoms with van der Waals surface area (Å²) in [6.45, 7) is 4.21. The first-order chi connectivity index (χ1) is 12.5. The minimum atomic E-state index is 0.0324. The number of methoxy groups -OCH3 is 3. The molecule has 0 aliphatic heterocycles. The van der Waals surface area contributed by atoms with Gasteiger partial charge in [0, 0.05) is 17.2 Å². The van der Waals surface area contributed by atoms with Crippen molar-refractivity contribution in [2.45, 2.75) is 26.3 Å². The number of carbonyl (C=O) groups excluding carboxylic acids is 1. The molecule has 0 fully saturated rings. The lowest BCUT2D eigenvalue weighted by Crippen LogP contribution is -2.33. The van der Waals surface area contributed by atoms with Crippen LogP contribution in [0.25, 0.3) is 0 Å². The minimum absolute atomic E-state index is 0.0324. The van der Waals surface area contributed by atoms with Gasteiger partial charge in [0.1, 0.15) is 5.75 Å². The van der Waals surface area contributed by atoms with Crippen LogP contribution in [0.2, 0.25) is 0 Å². The van der Waals surface area contributed by atoms with Crippen molar-refractivity contribution in [1.29, 1.82) is 0 Å². The van der Waals surface area contributed by atoms with Gasteiger partial charge in [-0.2, -0.15) is 0 Å². The Kier molecular flexibility index (Phi) is 7.04. The molecule has 0 aliphatic rings. The molecule has 0 saturated carbocycles. The number of rotatable bonds is 9. The molecule has 2 aromatic rings. The van der Waals surface area contributed by atoms with E-state index < -0.39 is 0 Å². The second-order valence-corrected chi connectivity index (χ2v) is 6.23. The Hall–Kier alpha value is -2.53. The average Bonchev–Trinajstić information content (AvgIpc) is 2.66. The maximum Gasteiger partial charge on any atom is 0.177 e. The Bertz CT molecular complexity index is 740. The second kappa shape index (κ2) is 9.25. The van der Waals surface area contributed by atoms with Gasteiger partial charge in [-0.3, -0.25) is 4.79 Å². The third kappa shape index (κ3) is 4.76. The lowest BCUT2D eigenvalue weighted by molar-refractivity contribution is 0.0986. The number of ketones is 1. The number of ether oxygens (including phenoxy) is 3. The van der Waals surface area contributed by atoms with Crippen molar-refractivity contribution in [3.8, 4) is 17.2 Å². The molecule has 0 saturated heterocycles. The molecule has 0 radical (unpaired) electrons. The molecule has 5 nitrogen and oxygen atoms in total. The molecule has 2 aromatic carbocycles. The Labute approximate surface area is 155 Å². The van der Waals surface area contributed by atoms with Gasteiger partial charge in [-0.1, -0.05) is 12.1 Å². The fraction of sp³-hybridized carbons (Fsp3) is 0.381. The Morgan fingerprint density at radius 1 is 1.00 bits per heavy atom. The molecular formula is C21H27NO4. The van der Waals surface area contributed by atoms with E-state index >= 15 is 0 Å². The fourth-order valence-electron chi connectivity index (χ4n) is 2.93. The maximum atomic E-state index is 12.6.